The van der Waals surface area contributed by atoms with E-state index >= 15 is 0 Å². The molecule has 0 spiro atoms. The SMILES string of the molecule is CC(C)(C)N1CCO[C@@H](C(F)(F)F)C1. The average molecular weight is 211 g/mol. The van der Waals surface area contributed by atoms with Crippen LogP contribution in [0.2, 0.25) is 0 Å². The van der Waals surface area contributed by atoms with E-state index in [2.05, 4.69) is 0 Å². The molecule has 0 radical (unpaired) electrons. The maximum Gasteiger partial charge on any atom is 0.415 e. The van der Waals surface area contributed by atoms with Crippen molar-refractivity contribution in [1.29, 1.82) is 0 Å². The van der Waals surface area contributed by atoms with Crippen LogP contribution in [-0.4, -0.2) is 42.4 Å². The second kappa shape index (κ2) is 3.70. The van der Waals surface area contributed by atoms with Crippen molar-refractivity contribution in [2.45, 2.75) is 38.6 Å². The highest BCUT2D eigenvalue weighted by Gasteiger charge is 2.44. The molecule has 0 amide bonds. The van der Waals surface area contributed by atoms with Gasteiger partial charge in [-0.1, -0.05) is 0 Å². The van der Waals surface area contributed by atoms with Crippen molar-refractivity contribution in [2.75, 3.05) is 19.7 Å². The molecule has 0 aromatic heterocycles. The van der Waals surface area contributed by atoms with Gasteiger partial charge in [0.25, 0.3) is 0 Å². The molecule has 1 rings (SSSR count). The average Bonchev–Trinajstić information content (AvgIpc) is 2.01. The van der Waals surface area contributed by atoms with Crippen LogP contribution in [0, 0.1) is 0 Å². The Labute approximate surface area is 82.0 Å². The molecule has 1 fully saturated rings. The lowest BCUT2D eigenvalue weighted by Crippen LogP contribution is -2.55. The predicted octanol–water partition coefficient (Wildman–Crippen LogP) is 2.05. The molecule has 2 nitrogen and oxygen atoms in total. The Morgan fingerprint density at radius 2 is 1.79 bits per heavy atom. The summed E-state index contributed by atoms with van der Waals surface area (Å²) < 4.78 is 41.8. The minimum absolute atomic E-state index is 0.0625. The van der Waals surface area contributed by atoms with E-state index in [1.165, 1.54) is 0 Å². The molecule has 14 heavy (non-hydrogen) atoms. The largest absolute Gasteiger partial charge is 0.415 e. The first-order valence-corrected chi connectivity index (χ1v) is 4.64. The Balaban J connectivity index is 2.61. The first-order valence-electron chi connectivity index (χ1n) is 4.64. The molecule has 0 aliphatic carbocycles. The van der Waals surface area contributed by atoms with Gasteiger partial charge in [0.15, 0.2) is 6.10 Å². The van der Waals surface area contributed by atoms with E-state index in [-0.39, 0.29) is 18.7 Å². The molecule has 0 unspecified atom stereocenters. The van der Waals surface area contributed by atoms with Crippen LogP contribution in [0.25, 0.3) is 0 Å². The zero-order valence-electron chi connectivity index (χ0n) is 8.69. The van der Waals surface area contributed by atoms with E-state index in [9.17, 15) is 13.2 Å². The normalized spacial score (nSPS) is 26.6. The maximum absolute atomic E-state index is 12.4. The lowest BCUT2D eigenvalue weighted by molar-refractivity contribution is -0.242. The summed E-state index contributed by atoms with van der Waals surface area (Å²) in [6, 6.07) is 0. The van der Waals surface area contributed by atoms with Crippen molar-refractivity contribution < 1.29 is 17.9 Å². The van der Waals surface area contributed by atoms with Crippen LogP contribution < -0.4 is 0 Å². The molecular weight excluding hydrogens is 195 g/mol. The highest BCUT2D eigenvalue weighted by Crippen LogP contribution is 2.28. The summed E-state index contributed by atoms with van der Waals surface area (Å²) in [6.45, 7) is 6.38. The van der Waals surface area contributed by atoms with Gasteiger partial charge in [-0.05, 0) is 20.8 Å². The first-order chi connectivity index (χ1) is 6.21. The summed E-state index contributed by atoms with van der Waals surface area (Å²) in [7, 11) is 0. The number of morpholine rings is 1. The van der Waals surface area contributed by atoms with Gasteiger partial charge < -0.3 is 4.74 Å². The molecule has 1 aliphatic heterocycles. The molecule has 0 aromatic carbocycles. The standard InChI is InChI=1S/C9H16F3NO/c1-8(2,3)13-4-5-14-7(6-13)9(10,11)12/h7H,4-6H2,1-3H3/t7-/m1/s1. The van der Waals surface area contributed by atoms with Crippen LogP contribution in [-0.2, 0) is 4.74 Å². The maximum atomic E-state index is 12.4. The Morgan fingerprint density at radius 1 is 1.21 bits per heavy atom. The third-order valence-corrected chi connectivity index (χ3v) is 2.38. The van der Waals surface area contributed by atoms with Gasteiger partial charge in [0.2, 0.25) is 0 Å². The van der Waals surface area contributed by atoms with Crippen molar-refractivity contribution >= 4 is 0 Å². The van der Waals surface area contributed by atoms with E-state index in [0.29, 0.717) is 6.54 Å². The minimum atomic E-state index is -4.25. The molecular formula is C9H16F3NO. The van der Waals surface area contributed by atoms with Gasteiger partial charge in [-0.3, -0.25) is 4.90 Å². The van der Waals surface area contributed by atoms with Crippen LogP contribution in [0.1, 0.15) is 20.8 Å². The summed E-state index contributed by atoms with van der Waals surface area (Å²) in [6.07, 6.45) is -5.88. The minimum Gasteiger partial charge on any atom is -0.366 e. The lowest BCUT2D eigenvalue weighted by Gasteiger charge is -2.41. The predicted molar refractivity (Wildman–Crippen MR) is 47.1 cm³/mol. The van der Waals surface area contributed by atoms with Crippen molar-refractivity contribution in [1.82, 2.24) is 4.90 Å². The third kappa shape index (κ3) is 2.85. The molecule has 0 N–H and O–H groups in total. The van der Waals surface area contributed by atoms with Gasteiger partial charge in [-0.2, -0.15) is 13.2 Å². The van der Waals surface area contributed by atoms with Gasteiger partial charge in [-0.15, -0.1) is 0 Å². The van der Waals surface area contributed by atoms with Gasteiger partial charge in [0.1, 0.15) is 0 Å². The zero-order valence-corrected chi connectivity index (χ0v) is 8.69. The van der Waals surface area contributed by atoms with Gasteiger partial charge >= 0.3 is 6.18 Å². The van der Waals surface area contributed by atoms with E-state index in [0.717, 1.165) is 0 Å². The molecule has 0 bridgehead atoms. The number of nitrogens with zero attached hydrogens (tertiary/aromatic N) is 1. The van der Waals surface area contributed by atoms with E-state index < -0.39 is 12.3 Å². The van der Waals surface area contributed by atoms with Crippen molar-refractivity contribution in [3.63, 3.8) is 0 Å². The Morgan fingerprint density at radius 3 is 2.21 bits per heavy atom. The van der Waals surface area contributed by atoms with E-state index in [4.69, 9.17) is 4.74 Å². The summed E-state index contributed by atoms with van der Waals surface area (Å²) in [5.41, 5.74) is -0.229. The van der Waals surface area contributed by atoms with Crippen LogP contribution in [0.5, 0.6) is 0 Å². The van der Waals surface area contributed by atoms with Gasteiger partial charge in [0, 0.05) is 18.6 Å². The molecule has 1 saturated heterocycles. The first kappa shape index (κ1) is 11.8. The number of hydrogen-bond acceptors (Lipinski definition) is 2. The van der Waals surface area contributed by atoms with Gasteiger partial charge in [-0.25, -0.2) is 0 Å². The fourth-order valence-corrected chi connectivity index (χ4v) is 1.46. The molecule has 0 aromatic rings. The van der Waals surface area contributed by atoms with Crippen LogP contribution >= 0.6 is 0 Å². The lowest BCUT2D eigenvalue weighted by atomic mass is 10.0. The van der Waals surface area contributed by atoms with Crippen molar-refractivity contribution in [2.24, 2.45) is 0 Å². The molecule has 5 heteroatoms. The van der Waals surface area contributed by atoms with Crippen molar-refractivity contribution in [3.8, 4) is 0 Å². The smallest absolute Gasteiger partial charge is 0.366 e. The number of hydrogen-bond donors (Lipinski definition) is 0. The summed E-state index contributed by atoms with van der Waals surface area (Å²) in [5.74, 6) is 0. The van der Waals surface area contributed by atoms with E-state index in [1.807, 2.05) is 20.8 Å². The summed E-state index contributed by atoms with van der Waals surface area (Å²) in [5, 5.41) is 0. The fraction of sp³-hybridized carbons (Fsp3) is 1.00. The zero-order chi connectivity index (χ0) is 11.0. The highest BCUT2D eigenvalue weighted by molar-refractivity contribution is 4.84. The summed E-state index contributed by atoms with van der Waals surface area (Å²) in [4.78, 5) is 1.80. The molecule has 0 saturated carbocycles. The monoisotopic (exact) mass is 211 g/mol. The number of rotatable bonds is 0. The Hall–Kier alpha value is -0.290. The quantitative estimate of drug-likeness (QED) is 0.608. The Kier molecular flexibility index (Phi) is 3.11. The second-order valence-electron chi connectivity index (χ2n) is 4.52. The Bertz CT molecular complexity index is 177. The summed E-state index contributed by atoms with van der Waals surface area (Å²) >= 11 is 0. The molecule has 84 valence electrons. The van der Waals surface area contributed by atoms with E-state index in [1.54, 1.807) is 4.90 Å². The molecule has 1 aliphatic rings. The topological polar surface area (TPSA) is 12.5 Å². The third-order valence-electron chi connectivity index (χ3n) is 2.38. The van der Waals surface area contributed by atoms with Crippen LogP contribution in [0.3, 0.4) is 0 Å². The van der Waals surface area contributed by atoms with Crippen LogP contribution in [0.4, 0.5) is 13.2 Å². The van der Waals surface area contributed by atoms with Gasteiger partial charge in [0.05, 0.1) is 6.61 Å². The number of ether oxygens (including phenoxy) is 1. The fourth-order valence-electron chi connectivity index (χ4n) is 1.46. The van der Waals surface area contributed by atoms with Crippen LogP contribution in [0.15, 0.2) is 0 Å². The highest BCUT2D eigenvalue weighted by atomic mass is 19.4. The molecule has 1 atom stereocenters. The number of halogens is 3. The second-order valence-corrected chi connectivity index (χ2v) is 4.52. The number of alkyl halides is 3. The van der Waals surface area contributed by atoms with Crippen molar-refractivity contribution in [3.05, 3.63) is 0 Å². The molecule has 1 heterocycles.